The molecule has 2 heterocycles. The number of hydrogen-bond donors (Lipinski definition) is 0. The number of sulfone groups is 1. The lowest BCUT2D eigenvalue weighted by atomic mass is 9.77. The third kappa shape index (κ3) is 2.09. The molecule has 0 amide bonds. The first kappa shape index (κ1) is 14.1. The number of epoxide rings is 1. The molecule has 3 nitrogen and oxygen atoms in total. The summed E-state index contributed by atoms with van der Waals surface area (Å²) in [7, 11) is -3.21. The summed E-state index contributed by atoms with van der Waals surface area (Å²) in [6, 6.07) is 7.34. The molecule has 0 spiro atoms. The van der Waals surface area contributed by atoms with Crippen LogP contribution in [0.15, 0.2) is 29.2 Å². The zero-order valence-corrected chi connectivity index (χ0v) is 12.9. The van der Waals surface area contributed by atoms with Gasteiger partial charge >= 0.3 is 0 Å². The second-order valence-electron chi connectivity index (χ2n) is 6.09. The maximum Gasteiger partial charge on any atom is 0.179 e. The Morgan fingerprint density at radius 2 is 2.05 bits per heavy atom. The van der Waals surface area contributed by atoms with Crippen molar-refractivity contribution >= 4 is 9.84 Å². The van der Waals surface area contributed by atoms with E-state index in [0.717, 1.165) is 31.2 Å². The Labute approximate surface area is 121 Å². The van der Waals surface area contributed by atoms with Gasteiger partial charge in [0, 0.05) is 11.0 Å². The molecule has 20 heavy (non-hydrogen) atoms. The third-order valence-electron chi connectivity index (χ3n) is 4.87. The van der Waals surface area contributed by atoms with Gasteiger partial charge in [-0.15, -0.1) is 0 Å². The molecule has 0 saturated carbocycles. The Balaban J connectivity index is 2.06. The second-order valence-corrected chi connectivity index (χ2v) is 8.05. The summed E-state index contributed by atoms with van der Waals surface area (Å²) in [6.07, 6.45) is 4.02. The van der Waals surface area contributed by atoms with Crippen molar-refractivity contribution in [3.05, 3.63) is 29.8 Å². The Hall–Kier alpha value is -0.870. The minimum absolute atomic E-state index is 0.0136. The fraction of sp³-hybridized carbons (Fsp3) is 0.625. The predicted molar refractivity (Wildman–Crippen MR) is 78.4 cm³/mol. The molecule has 110 valence electrons. The highest BCUT2D eigenvalue weighted by atomic mass is 32.2. The summed E-state index contributed by atoms with van der Waals surface area (Å²) >= 11 is 0. The summed E-state index contributed by atoms with van der Waals surface area (Å²) in [4.78, 5) is 0.485. The summed E-state index contributed by atoms with van der Waals surface area (Å²) in [5.74, 6) is 0.231. The number of unbranched alkanes of at least 4 members (excludes halogenated alkanes) is 1. The molecule has 1 aromatic carbocycles. The molecule has 2 aliphatic heterocycles. The van der Waals surface area contributed by atoms with Crippen molar-refractivity contribution in [1.29, 1.82) is 0 Å². The van der Waals surface area contributed by atoms with Crippen LogP contribution >= 0.6 is 0 Å². The number of rotatable bonds is 4. The van der Waals surface area contributed by atoms with Gasteiger partial charge in [-0.25, -0.2) is 8.42 Å². The van der Waals surface area contributed by atoms with E-state index < -0.39 is 9.84 Å². The van der Waals surface area contributed by atoms with Crippen LogP contribution in [0.1, 0.15) is 51.2 Å². The van der Waals surface area contributed by atoms with Crippen molar-refractivity contribution in [2.75, 3.05) is 5.75 Å². The van der Waals surface area contributed by atoms with Crippen molar-refractivity contribution in [2.24, 2.45) is 5.41 Å². The first-order valence-electron chi connectivity index (χ1n) is 7.51. The van der Waals surface area contributed by atoms with Gasteiger partial charge in [-0.2, -0.15) is 0 Å². The predicted octanol–water partition coefficient (Wildman–Crippen LogP) is 3.50. The molecule has 4 heteroatoms. The second kappa shape index (κ2) is 4.85. The van der Waals surface area contributed by atoms with E-state index >= 15 is 0 Å². The minimum Gasteiger partial charge on any atom is -0.364 e. The average Bonchev–Trinajstić information content (AvgIpc) is 3.24. The van der Waals surface area contributed by atoms with E-state index in [1.54, 1.807) is 12.1 Å². The average molecular weight is 294 g/mol. The van der Waals surface area contributed by atoms with Gasteiger partial charge in [0.15, 0.2) is 9.84 Å². The Morgan fingerprint density at radius 1 is 1.30 bits per heavy atom. The Bertz CT molecular complexity index is 608. The standard InChI is InChI=1S/C16H22O3S/c1-3-5-10-16(4-2)11-20(17,18)13-9-7-6-8-12(13)14-15(16)19-14/h6-9,14-15H,3-5,10-11H2,1-2H3/t14-,15?,16-/m1/s1. The molecule has 1 saturated heterocycles. The first-order chi connectivity index (χ1) is 9.54. The highest BCUT2D eigenvalue weighted by Gasteiger charge is 2.58. The van der Waals surface area contributed by atoms with E-state index in [0.29, 0.717) is 4.90 Å². The van der Waals surface area contributed by atoms with E-state index in [1.807, 2.05) is 12.1 Å². The minimum atomic E-state index is -3.21. The molecule has 0 aromatic heterocycles. The molecular weight excluding hydrogens is 272 g/mol. The number of fused-ring (bicyclic) bond motifs is 3. The van der Waals surface area contributed by atoms with Crippen molar-refractivity contribution < 1.29 is 13.2 Å². The Morgan fingerprint density at radius 3 is 2.75 bits per heavy atom. The van der Waals surface area contributed by atoms with Crippen molar-refractivity contribution in [1.82, 2.24) is 0 Å². The lowest BCUT2D eigenvalue weighted by Gasteiger charge is -2.30. The molecule has 3 rings (SSSR count). The number of ether oxygens (including phenoxy) is 1. The van der Waals surface area contributed by atoms with Crippen LogP contribution in [0.4, 0.5) is 0 Å². The molecule has 0 N–H and O–H groups in total. The first-order valence-corrected chi connectivity index (χ1v) is 9.16. The maximum absolute atomic E-state index is 12.7. The molecular formula is C16H22O3S. The quantitative estimate of drug-likeness (QED) is 0.798. The SMILES string of the molecule is CCCC[C@]1(CC)CS(=O)(=O)c2ccccc2[C@H]2OC21. The molecule has 0 radical (unpaired) electrons. The van der Waals surface area contributed by atoms with Gasteiger partial charge in [-0.3, -0.25) is 0 Å². The van der Waals surface area contributed by atoms with Crippen LogP contribution < -0.4 is 0 Å². The van der Waals surface area contributed by atoms with Crippen LogP contribution in [0.3, 0.4) is 0 Å². The molecule has 1 aromatic rings. The monoisotopic (exact) mass is 294 g/mol. The van der Waals surface area contributed by atoms with Gasteiger partial charge in [0.1, 0.15) is 6.10 Å². The largest absolute Gasteiger partial charge is 0.364 e. The summed E-state index contributed by atoms with van der Waals surface area (Å²) in [5, 5.41) is 0. The molecule has 0 bridgehead atoms. The summed E-state index contributed by atoms with van der Waals surface area (Å²) in [5.41, 5.74) is 0.655. The van der Waals surface area contributed by atoms with Crippen LogP contribution in [0.2, 0.25) is 0 Å². The van der Waals surface area contributed by atoms with E-state index in [9.17, 15) is 8.42 Å². The highest BCUT2D eigenvalue weighted by molar-refractivity contribution is 7.91. The molecule has 1 fully saturated rings. The third-order valence-corrected chi connectivity index (χ3v) is 6.86. The van der Waals surface area contributed by atoms with E-state index in [2.05, 4.69) is 13.8 Å². The van der Waals surface area contributed by atoms with Gasteiger partial charge in [-0.05, 0) is 18.9 Å². The molecule has 0 aliphatic carbocycles. The lowest BCUT2D eigenvalue weighted by Crippen LogP contribution is -2.34. The lowest BCUT2D eigenvalue weighted by molar-refractivity contribution is 0.192. The highest BCUT2D eigenvalue weighted by Crippen LogP contribution is 2.57. The topological polar surface area (TPSA) is 46.7 Å². The van der Waals surface area contributed by atoms with E-state index in [1.165, 1.54) is 0 Å². The summed E-state index contributed by atoms with van der Waals surface area (Å²) < 4.78 is 31.4. The fourth-order valence-electron chi connectivity index (χ4n) is 3.57. The van der Waals surface area contributed by atoms with Gasteiger partial charge < -0.3 is 4.74 Å². The smallest absolute Gasteiger partial charge is 0.179 e. The van der Waals surface area contributed by atoms with E-state index in [-0.39, 0.29) is 23.4 Å². The van der Waals surface area contributed by atoms with Crippen molar-refractivity contribution in [2.45, 2.75) is 56.6 Å². The van der Waals surface area contributed by atoms with Crippen LogP contribution in [-0.2, 0) is 14.6 Å². The van der Waals surface area contributed by atoms with Crippen LogP contribution in [-0.4, -0.2) is 20.3 Å². The van der Waals surface area contributed by atoms with Crippen molar-refractivity contribution in [3.63, 3.8) is 0 Å². The van der Waals surface area contributed by atoms with E-state index in [4.69, 9.17) is 4.74 Å². The van der Waals surface area contributed by atoms with Crippen LogP contribution in [0, 0.1) is 5.41 Å². The van der Waals surface area contributed by atoms with Gasteiger partial charge in [-0.1, -0.05) is 44.9 Å². The molecule has 1 unspecified atom stereocenters. The normalized spacial score (nSPS) is 33.9. The van der Waals surface area contributed by atoms with Crippen LogP contribution in [0.5, 0.6) is 0 Å². The van der Waals surface area contributed by atoms with Gasteiger partial charge in [0.25, 0.3) is 0 Å². The number of hydrogen-bond acceptors (Lipinski definition) is 3. The summed E-state index contributed by atoms with van der Waals surface area (Å²) in [6.45, 7) is 4.24. The fourth-order valence-corrected chi connectivity index (χ4v) is 5.83. The molecule has 3 atom stereocenters. The van der Waals surface area contributed by atoms with Crippen LogP contribution in [0.25, 0.3) is 0 Å². The molecule has 2 aliphatic rings. The zero-order valence-electron chi connectivity index (χ0n) is 12.1. The zero-order chi connectivity index (χ0) is 14.4. The maximum atomic E-state index is 12.7. The van der Waals surface area contributed by atoms with Gasteiger partial charge in [0.05, 0.1) is 16.8 Å². The van der Waals surface area contributed by atoms with Crippen molar-refractivity contribution in [3.8, 4) is 0 Å². The Kier molecular flexibility index (Phi) is 3.41. The van der Waals surface area contributed by atoms with Gasteiger partial charge in [0.2, 0.25) is 0 Å². The number of benzene rings is 1.